The van der Waals surface area contributed by atoms with Crippen LogP contribution in [0.3, 0.4) is 0 Å². The molecule has 0 saturated carbocycles. The van der Waals surface area contributed by atoms with Crippen molar-refractivity contribution >= 4 is 15.9 Å². The van der Waals surface area contributed by atoms with E-state index in [4.69, 9.17) is 0 Å². The SMILES string of the molecule is BrC1CC2CCC(C1)N2CC1Cc2ccccc21. The van der Waals surface area contributed by atoms with Gasteiger partial charge in [0.05, 0.1) is 0 Å². The van der Waals surface area contributed by atoms with E-state index in [1.54, 1.807) is 11.1 Å². The molecule has 2 aliphatic heterocycles. The first-order valence-corrected chi connectivity index (χ1v) is 8.20. The van der Waals surface area contributed by atoms with Gasteiger partial charge >= 0.3 is 0 Å². The molecule has 1 aromatic carbocycles. The maximum atomic E-state index is 3.83. The van der Waals surface area contributed by atoms with Gasteiger partial charge in [-0.1, -0.05) is 40.2 Å². The molecule has 0 spiro atoms. The highest BCUT2D eigenvalue weighted by atomic mass is 79.9. The predicted octanol–water partition coefficient (Wildman–Crippen LogP) is 3.72. The molecule has 0 N–H and O–H groups in total. The Balaban J connectivity index is 1.48. The standard InChI is InChI=1S/C16H20BrN/c17-13-8-14-5-6-15(9-13)18(14)10-12-7-11-3-1-2-4-16(11)12/h1-4,12-15H,5-10H2. The molecule has 0 radical (unpaired) electrons. The lowest BCUT2D eigenvalue weighted by Gasteiger charge is -2.42. The number of hydrogen-bond acceptors (Lipinski definition) is 1. The van der Waals surface area contributed by atoms with Crippen molar-refractivity contribution < 1.29 is 0 Å². The summed E-state index contributed by atoms with van der Waals surface area (Å²) in [6, 6.07) is 10.7. The molecule has 2 heteroatoms. The van der Waals surface area contributed by atoms with E-state index in [0.717, 1.165) is 22.8 Å². The smallest absolute Gasteiger partial charge is 0.0175 e. The van der Waals surface area contributed by atoms with Gasteiger partial charge in [0.25, 0.3) is 0 Å². The zero-order valence-corrected chi connectivity index (χ0v) is 12.3. The molecule has 2 fully saturated rings. The fourth-order valence-electron chi connectivity index (χ4n) is 4.29. The molecule has 2 bridgehead atoms. The molecule has 1 nitrogen and oxygen atoms in total. The Hall–Kier alpha value is -0.340. The monoisotopic (exact) mass is 305 g/mol. The third-order valence-corrected chi connectivity index (χ3v) is 5.97. The number of alkyl halides is 1. The summed E-state index contributed by atoms with van der Waals surface area (Å²) in [5.41, 5.74) is 3.21. The summed E-state index contributed by atoms with van der Waals surface area (Å²) >= 11 is 3.83. The Morgan fingerprint density at radius 3 is 2.56 bits per heavy atom. The number of nitrogens with zero attached hydrogens (tertiary/aromatic N) is 1. The molecular weight excluding hydrogens is 286 g/mol. The van der Waals surface area contributed by atoms with Crippen LogP contribution in [0.4, 0.5) is 0 Å². The number of hydrogen-bond donors (Lipinski definition) is 0. The average Bonchev–Trinajstić information content (AvgIpc) is 2.57. The Morgan fingerprint density at radius 2 is 1.83 bits per heavy atom. The van der Waals surface area contributed by atoms with Crippen molar-refractivity contribution in [2.75, 3.05) is 6.54 Å². The molecule has 4 rings (SSSR count). The number of halogens is 1. The van der Waals surface area contributed by atoms with Gasteiger partial charge in [0.1, 0.15) is 0 Å². The van der Waals surface area contributed by atoms with Crippen molar-refractivity contribution in [1.82, 2.24) is 4.90 Å². The highest BCUT2D eigenvalue weighted by Gasteiger charge is 2.41. The lowest BCUT2D eigenvalue weighted by molar-refractivity contribution is 0.132. The third-order valence-electron chi connectivity index (χ3n) is 5.22. The van der Waals surface area contributed by atoms with E-state index < -0.39 is 0 Å². The van der Waals surface area contributed by atoms with E-state index in [2.05, 4.69) is 45.1 Å². The van der Waals surface area contributed by atoms with Gasteiger partial charge in [-0.2, -0.15) is 0 Å². The van der Waals surface area contributed by atoms with Crippen molar-refractivity contribution in [1.29, 1.82) is 0 Å². The molecule has 0 aromatic heterocycles. The number of piperidine rings is 1. The van der Waals surface area contributed by atoms with E-state index in [9.17, 15) is 0 Å². The van der Waals surface area contributed by atoms with Crippen molar-refractivity contribution in [3.63, 3.8) is 0 Å². The molecule has 1 aromatic rings. The van der Waals surface area contributed by atoms with Crippen LogP contribution in [0, 0.1) is 0 Å². The van der Waals surface area contributed by atoms with Crippen LogP contribution in [0.15, 0.2) is 24.3 Å². The molecule has 1 aliphatic carbocycles. The summed E-state index contributed by atoms with van der Waals surface area (Å²) in [5, 5.41) is 0. The summed E-state index contributed by atoms with van der Waals surface area (Å²) in [6.07, 6.45) is 6.90. The minimum absolute atomic E-state index is 0.778. The first-order chi connectivity index (χ1) is 8.81. The fraction of sp³-hybridized carbons (Fsp3) is 0.625. The van der Waals surface area contributed by atoms with Crippen molar-refractivity contribution in [3.8, 4) is 0 Å². The van der Waals surface area contributed by atoms with E-state index >= 15 is 0 Å². The predicted molar refractivity (Wildman–Crippen MR) is 78.4 cm³/mol. The lowest BCUT2D eigenvalue weighted by atomic mass is 9.77. The van der Waals surface area contributed by atoms with E-state index in [-0.39, 0.29) is 0 Å². The Bertz CT molecular complexity index is 444. The Kier molecular flexibility index (Phi) is 2.77. The molecule has 2 heterocycles. The van der Waals surface area contributed by atoms with Gasteiger partial charge in [-0.15, -0.1) is 0 Å². The second-order valence-electron chi connectivity index (χ2n) is 6.25. The van der Waals surface area contributed by atoms with Crippen LogP contribution in [0.1, 0.15) is 42.7 Å². The lowest BCUT2D eigenvalue weighted by Crippen LogP contribution is -2.46. The first kappa shape index (κ1) is 11.5. The highest BCUT2D eigenvalue weighted by Crippen LogP contribution is 2.42. The third kappa shape index (κ3) is 1.77. The number of rotatable bonds is 2. The topological polar surface area (TPSA) is 3.24 Å². The molecule has 96 valence electrons. The first-order valence-electron chi connectivity index (χ1n) is 7.29. The second kappa shape index (κ2) is 4.35. The Morgan fingerprint density at radius 1 is 1.11 bits per heavy atom. The van der Waals surface area contributed by atoms with Crippen molar-refractivity contribution in [2.24, 2.45) is 0 Å². The van der Waals surface area contributed by atoms with Crippen LogP contribution in [0.25, 0.3) is 0 Å². The van der Waals surface area contributed by atoms with Gasteiger partial charge < -0.3 is 0 Å². The zero-order chi connectivity index (χ0) is 12.1. The van der Waals surface area contributed by atoms with Crippen LogP contribution >= 0.6 is 15.9 Å². The fourth-order valence-corrected chi connectivity index (χ4v) is 5.15. The van der Waals surface area contributed by atoms with Gasteiger partial charge in [0, 0.05) is 29.4 Å². The van der Waals surface area contributed by atoms with E-state index in [1.807, 2.05) is 0 Å². The average molecular weight is 306 g/mol. The van der Waals surface area contributed by atoms with Crippen molar-refractivity contribution in [2.45, 2.75) is 54.9 Å². The minimum Gasteiger partial charge on any atom is -0.297 e. The van der Waals surface area contributed by atoms with E-state index in [0.29, 0.717) is 0 Å². The van der Waals surface area contributed by atoms with Crippen molar-refractivity contribution in [3.05, 3.63) is 35.4 Å². The van der Waals surface area contributed by atoms with Crippen LogP contribution in [-0.4, -0.2) is 28.4 Å². The number of fused-ring (bicyclic) bond motifs is 3. The molecule has 18 heavy (non-hydrogen) atoms. The van der Waals surface area contributed by atoms with Crippen LogP contribution in [0.2, 0.25) is 0 Å². The van der Waals surface area contributed by atoms with Crippen LogP contribution < -0.4 is 0 Å². The van der Waals surface area contributed by atoms with Crippen LogP contribution in [0.5, 0.6) is 0 Å². The van der Waals surface area contributed by atoms with Gasteiger partial charge in [-0.3, -0.25) is 4.90 Å². The van der Waals surface area contributed by atoms with E-state index in [1.165, 1.54) is 38.6 Å². The second-order valence-corrected chi connectivity index (χ2v) is 7.55. The maximum absolute atomic E-state index is 3.83. The molecule has 3 atom stereocenters. The normalized spacial score (nSPS) is 38.3. The zero-order valence-electron chi connectivity index (χ0n) is 10.7. The van der Waals surface area contributed by atoms with Gasteiger partial charge in [0.15, 0.2) is 0 Å². The molecule has 2 saturated heterocycles. The largest absolute Gasteiger partial charge is 0.297 e. The summed E-state index contributed by atoms with van der Waals surface area (Å²) in [7, 11) is 0. The van der Waals surface area contributed by atoms with Gasteiger partial charge in [-0.05, 0) is 43.2 Å². The van der Waals surface area contributed by atoms with Gasteiger partial charge in [0.2, 0.25) is 0 Å². The summed E-state index contributed by atoms with van der Waals surface area (Å²) in [4.78, 5) is 3.61. The maximum Gasteiger partial charge on any atom is 0.0175 e. The summed E-state index contributed by atoms with van der Waals surface area (Å²) in [6.45, 7) is 1.31. The molecule has 3 unspecified atom stereocenters. The number of benzene rings is 1. The van der Waals surface area contributed by atoms with Crippen LogP contribution in [-0.2, 0) is 6.42 Å². The quantitative estimate of drug-likeness (QED) is 0.753. The molecule has 0 amide bonds. The summed E-state index contributed by atoms with van der Waals surface area (Å²) in [5.74, 6) is 0.816. The molecule has 3 aliphatic rings. The minimum atomic E-state index is 0.778. The molecular formula is C16H20BrN. The summed E-state index contributed by atoms with van der Waals surface area (Å²) < 4.78 is 0. The highest BCUT2D eigenvalue weighted by molar-refractivity contribution is 9.09. The Labute approximate surface area is 118 Å². The van der Waals surface area contributed by atoms with Gasteiger partial charge in [-0.25, -0.2) is 0 Å².